The van der Waals surface area contributed by atoms with E-state index in [4.69, 9.17) is 0 Å². The molecule has 1 aromatic carbocycles. The number of nitro groups is 1. The molecule has 0 aliphatic heterocycles. The maximum Gasteiger partial charge on any atom is 0.272 e. The van der Waals surface area contributed by atoms with Gasteiger partial charge in [0, 0.05) is 25.2 Å². The maximum absolute atomic E-state index is 13.5. The SMILES string of the molecule is CC(C)N(C)CCNc1ccc([N+](=O)[O-])cc1F. The van der Waals surface area contributed by atoms with Crippen LogP contribution in [0.1, 0.15) is 13.8 Å². The molecule has 6 heteroatoms. The summed E-state index contributed by atoms with van der Waals surface area (Å²) in [5.74, 6) is -0.601. The van der Waals surface area contributed by atoms with Crippen LogP contribution in [0.25, 0.3) is 0 Å². The summed E-state index contributed by atoms with van der Waals surface area (Å²) in [5, 5.41) is 13.4. The first-order chi connectivity index (χ1) is 8.41. The lowest BCUT2D eigenvalue weighted by Crippen LogP contribution is -2.31. The van der Waals surface area contributed by atoms with Crippen molar-refractivity contribution in [1.82, 2.24) is 4.90 Å². The zero-order chi connectivity index (χ0) is 13.7. The van der Waals surface area contributed by atoms with Gasteiger partial charge in [-0.15, -0.1) is 0 Å². The summed E-state index contributed by atoms with van der Waals surface area (Å²) in [6.45, 7) is 5.51. The maximum atomic E-state index is 13.5. The third-order valence-electron chi connectivity index (χ3n) is 2.82. The molecular weight excluding hydrogens is 237 g/mol. The van der Waals surface area contributed by atoms with Gasteiger partial charge >= 0.3 is 0 Å². The Balaban J connectivity index is 2.56. The molecule has 0 aliphatic carbocycles. The molecule has 1 N–H and O–H groups in total. The highest BCUT2D eigenvalue weighted by atomic mass is 19.1. The molecule has 0 atom stereocenters. The molecule has 0 spiro atoms. The first-order valence-corrected chi connectivity index (χ1v) is 5.80. The third kappa shape index (κ3) is 3.96. The van der Waals surface area contributed by atoms with E-state index in [0.717, 1.165) is 12.6 Å². The Morgan fingerprint density at radius 3 is 2.67 bits per heavy atom. The van der Waals surface area contributed by atoms with Crippen LogP contribution < -0.4 is 5.32 Å². The quantitative estimate of drug-likeness (QED) is 0.626. The van der Waals surface area contributed by atoms with E-state index in [1.807, 2.05) is 7.05 Å². The second kappa shape index (κ2) is 6.30. The van der Waals surface area contributed by atoms with E-state index in [2.05, 4.69) is 24.1 Å². The predicted octanol–water partition coefficient (Wildman–Crippen LogP) is 2.49. The Bertz CT molecular complexity index is 424. The van der Waals surface area contributed by atoms with Crippen molar-refractivity contribution in [3.05, 3.63) is 34.1 Å². The summed E-state index contributed by atoms with van der Waals surface area (Å²) < 4.78 is 13.5. The number of halogens is 1. The third-order valence-corrected chi connectivity index (χ3v) is 2.82. The minimum absolute atomic E-state index is 0.239. The van der Waals surface area contributed by atoms with Crippen LogP contribution >= 0.6 is 0 Å². The lowest BCUT2D eigenvalue weighted by molar-refractivity contribution is -0.385. The van der Waals surface area contributed by atoms with Gasteiger partial charge in [-0.25, -0.2) is 4.39 Å². The van der Waals surface area contributed by atoms with Crippen molar-refractivity contribution in [2.75, 3.05) is 25.5 Å². The highest BCUT2D eigenvalue weighted by Crippen LogP contribution is 2.20. The molecule has 0 amide bonds. The minimum Gasteiger partial charge on any atom is -0.381 e. The fraction of sp³-hybridized carbons (Fsp3) is 0.500. The molecule has 0 radical (unpaired) electrons. The smallest absolute Gasteiger partial charge is 0.272 e. The van der Waals surface area contributed by atoms with Crippen molar-refractivity contribution in [1.29, 1.82) is 0 Å². The van der Waals surface area contributed by atoms with Crippen molar-refractivity contribution in [3.63, 3.8) is 0 Å². The van der Waals surface area contributed by atoms with E-state index in [1.165, 1.54) is 12.1 Å². The molecule has 100 valence electrons. The topological polar surface area (TPSA) is 58.4 Å². The van der Waals surface area contributed by atoms with Crippen molar-refractivity contribution >= 4 is 11.4 Å². The van der Waals surface area contributed by atoms with E-state index in [-0.39, 0.29) is 11.4 Å². The fourth-order valence-corrected chi connectivity index (χ4v) is 1.39. The van der Waals surface area contributed by atoms with Crippen LogP contribution in [0.5, 0.6) is 0 Å². The molecule has 5 nitrogen and oxygen atoms in total. The fourth-order valence-electron chi connectivity index (χ4n) is 1.39. The van der Waals surface area contributed by atoms with Crippen molar-refractivity contribution in [2.24, 2.45) is 0 Å². The van der Waals surface area contributed by atoms with Gasteiger partial charge in [0.25, 0.3) is 5.69 Å². The van der Waals surface area contributed by atoms with E-state index < -0.39 is 10.7 Å². The van der Waals surface area contributed by atoms with Gasteiger partial charge in [0.1, 0.15) is 0 Å². The van der Waals surface area contributed by atoms with Gasteiger partial charge in [-0.2, -0.15) is 0 Å². The lowest BCUT2D eigenvalue weighted by atomic mass is 10.2. The van der Waals surface area contributed by atoms with E-state index >= 15 is 0 Å². The number of non-ortho nitro benzene ring substituents is 1. The molecule has 1 aromatic rings. The van der Waals surface area contributed by atoms with Gasteiger partial charge in [-0.05, 0) is 27.0 Å². The lowest BCUT2D eigenvalue weighted by Gasteiger charge is -2.21. The minimum atomic E-state index is -0.612. The van der Waals surface area contributed by atoms with Crippen LogP contribution in [0.2, 0.25) is 0 Å². The molecule has 0 bridgehead atoms. The number of nitro benzene ring substituents is 1. The Morgan fingerprint density at radius 2 is 2.17 bits per heavy atom. The number of hydrogen-bond donors (Lipinski definition) is 1. The van der Waals surface area contributed by atoms with Gasteiger partial charge < -0.3 is 10.2 Å². The van der Waals surface area contributed by atoms with Crippen LogP contribution in [-0.2, 0) is 0 Å². The van der Waals surface area contributed by atoms with Crippen LogP contribution in [-0.4, -0.2) is 36.0 Å². The van der Waals surface area contributed by atoms with Crippen LogP contribution in [0.15, 0.2) is 18.2 Å². The molecule has 0 fully saturated rings. The Labute approximate surface area is 106 Å². The van der Waals surface area contributed by atoms with E-state index in [9.17, 15) is 14.5 Å². The molecule has 0 heterocycles. The number of nitrogens with zero attached hydrogens (tertiary/aromatic N) is 2. The predicted molar refractivity (Wildman–Crippen MR) is 69.3 cm³/mol. The first-order valence-electron chi connectivity index (χ1n) is 5.80. The highest BCUT2D eigenvalue weighted by Gasteiger charge is 2.10. The monoisotopic (exact) mass is 255 g/mol. The summed E-state index contributed by atoms with van der Waals surface area (Å²) in [6.07, 6.45) is 0. The summed E-state index contributed by atoms with van der Waals surface area (Å²) in [5.41, 5.74) is 0.0510. The van der Waals surface area contributed by atoms with Gasteiger partial charge in [0.15, 0.2) is 5.82 Å². The normalized spacial score (nSPS) is 11.0. The van der Waals surface area contributed by atoms with Gasteiger partial charge in [0.2, 0.25) is 0 Å². The highest BCUT2D eigenvalue weighted by molar-refractivity contribution is 5.50. The van der Waals surface area contributed by atoms with Crippen LogP contribution in [0, 0.1) is 15.9 Å². The standard InChI is InChI=1S/C12H18FN3O2/c1-9(2)15(3)7-6-14-12-5-4-10(16(17)18)8-11(12)13/h4-5,8-9,14H,6-7H2,1-3H3. The van der Waals surface area contributed by atoms with Gasteiger partial charge in [0.05, 0.1) is 16.7 Å². The Morgan fingerprint density at radius 1 is 1.50 bits per heavy atom. The van der Waals surface area contributed by atoms with Crippen molar-refractivity contribution < 1.29 is 9.31 Å². The number of nitrogens with one attached hydrogen (secondary N) is 1. The Kier molecular flexibility index (Phi) is 5.03. The molecule has 0 saturated carbocycles. The van der Waals surface area contributed by atoms with Gasteiger partial charge in [-0.3, -0.25) is 10.1 Å². The number of hydrogen-bond acceptors (Lipinski definition) is 4. The van der Waals surface area contributed by atoms with E-state index in [1.54, 1.807) is 0 Å². The first kappa shape index (κ1) is 14.4. The van der Waals surface area contributed by atoms with Crippen molar-refractivity contribution in [2.45, 2.75) is 19.9 Å². The number of likely N-dealkylation sites (N-methyl/N-ethyl adjacent to an activating group) is 1. The Hall–Kier alpha value is -1.69. The number of rotatable bonds is 6. The van der Waals surface area contributed by atoms with Crippen LogP contribution in [0.3, 0.4) is 0 Å². The summed E-state index contributed by atoms with van der Waals surface area (Å²) in [7, 11) is 1.98. The average Bonchev–Trinajstić information content (AvgIpc) is 2.30. The second-order valence-electron chi connectivity index (χ2n) is 4.42. The summed E-state index contributed by atoms with van der Waals surface area (Å²) in [6, 6.07) is 4.03. The van der Waals surface area contributed by atoms with Crippen LogP contribution in [0.4, 0.5) is 15.8 Å². The molecule has 0 aromatic heterocycles. The zero-order valence-corrected chi connectivity index (χ0v) is 10.8. The summed E-state index contributed by atoms with van der Waals surface area (Å²) in [4.78, 5) is 12.0. The number of anilines is 1. The zero-order valence-electron chi connectivity index (χ0n) is 10.8. The molecule has 0 saturated heterocycles. The summed E-state index contributed by atoms with van der Waals surface area (Å²) >= 11 is 0. The molecule has 0 unspecified atom stereocenters. The molecular formula is C12H18FN3O2. The van der Waals surface area contributed by atoms with E-state index in [0.29, 0.717) is 12.6 Å². The van der Waals surface area contributed by atoms with Crippen molar-refractivity contribution in [3.8, 4) is 0 Å². The molecule has 18 heavy (non-hydrogen) atoms. The second-order valence-corrected chi connectivity index (χ2v) is 4.42. The largest absolute Gasteiger partial charge is 0.381 e. The number of benzene rings is 1. The molecule has 1 rings (SSSR count). The molecule has 0 aliphatic rings. The van der Waals surface area contributed by atoms with Gasteiger partial charge in [-0.1, -0.05) is 0 Å². The average molecular weight is 255 g/mol.